The smallest absolute Gasteiger partial charge is 0.253 e. The average Bonchev–Trinajstić information content (AvgIpc) is 3.25. The molecule has 3 aromatic rings. The second-order valence-electron chi connectivity index (χ2n) is 5.55. The molecule has 0 saturated carbocycles. The fraction of sp³-hybridized carbons (Fsp3) is 0.312. The number of carbonyl (C=O) groups excluding carboxylic acids is 1. The molecule has 3 heterocycles. The van der Waals surface area contributed by atoms with Crippen molar-refractivity contribution in [2.75, 3.05) is 13.1 Å². The molecule has 4 rings (SSSR count). The molecule has 0 atom stereocenters. The lowest BCUT2D eigenvalue weighted by Crippen LogP contribution is -2.37. The number of hydrogen-bond donors (Lipinski definition) is 0. The number of thiophene rings is 1. The van der Waals surface area contributed by atoms with Crippen molar-refractivity contribution in [1.82, 2.24) is 13.6 Å². The van der Waals surface area contributed by atoms with Crippen molar-refractivity contribution in [3.8, 4) is 0 Å². The van der Waals surface area contributed by atoms with Gasteiger partial charge in [0.05, 0.1) is 11.7 Å². The van der Waals surface area contributed by atoms with Gasteiger partial charge in [0.25, 0.3) is 5.91 Å². The number of nitrogens with zero attached hydrogens (tertiary/aromatic N) is 3. The molecule has 1 aromatic carbocycles. The summed E-state index contributed by atoms with van der Waals surface area (Å²) >= 11 is 3.00. The largest absolute Gasteiger partial charge is 0.339 e. The molecule has 1 fully saturated rings. The Bertz CT molecular complexity index is 789. The van der Waals surface area contributed by atoms with Crippen molar-refractivity contribution in [3.05, 3.63) is 46.2 Å². The molecule has 0 bridgehead atoms. The summed E-state index contributed by atoms with van der Waals surface area (Å²) in [6.07, 6.45) is 2.10. The second kappa shape index (κ2) is 5.78. The third-order valence-electron chi connectivity index (χ3n) is 4.23. The summed E-state index contributed by atoms with van der Waals surface area (Å²) in [6, 6.07) is 9.90. The van der Waals surface area contributed by atoms with Crippen LogP contribution in [0.15, 0.2) is 35.7 Å². The number of hydrogen-bond acceptors (Lipinski definition) is 5. The number of likely N-dealkylation sites (tertiary alicyclic amines) is 1. The van der Waals surface area contributed by atoms with Gasteiger partial charge < -0.3 is 4.90 Å². The van der Waals surface area contributed by atoms with E-state index in [9.17, 15) is 4.79 Å². The lowest BCUT2D eigenvalue weighted by Gasteiger charge is -2.31. The van der Waals surface area contributed by atoms with Gasteiger partial charge in [-0.05, 0) is 48.4 Å². The highest BCUT2D eigenvalue weighted by Gasteiger charge is 2.25. The van der Waals surface area contributed by atoms with E-state index in [1.165, 1.54) is 16.6 Å². The van der Waals surface area contributed by atoms with Crippen LogP contribution in [0.2, 0.25) is 0 Å². The molecular formula is C16H15N3OS2. The Morgan fingerprint density at radius 1 is 1.14 bits per heavy atom. The number of carbonyl (C=O) groups is 1. The molecular weight excluding hydrogens is 314 g/mol. The monoisotopic (exact) mass is 329 g/mol. The van der Waals surface area contributed by atoms with Gasteiger partial charge in [0, 0.05) is 23.5 Å². The summed E-state index contributed by atoms with van der Waals surface area (Å²) in [5.74, 6) is 0.716. The average molecular weight is 329 g/mol. The maximum Gasteiger partial charge on any atom is 0.253 e. The van der Waals surface area contributed by atoms with Gasteiger partial charge in [0.2, 0.25) is 0 Å². The van der Waals surface area contributed by atoms with Gasteiger partial charge in [0.15, 0.2) is 0 Å². The maximum atomic E-state index is 12.6. The summed E-state index contributed by atoms with van der Waals surface area (Å²) in [6.45, 7) is 1.66. The summed E-state index contributed by atoms with van der Waals surface area (Å²) < 4.78 is 8.39. The highest BCUT2D eigenvalue weighted by Crippen LogP contribution is 2.31. The summed E-state index contributed by atoms with van der Waals surface area (Å²) in [5.41, 5.74) is 2.39. The van der Waals surface area contributed by atoms with Crippen LogP contribution in [0.5, 0.6) is 0 Å². The lowest BCUT2D eigenvalue weighted by molar-refractivity contribution is 0.0714. The highest BCUT2D eigenvalue weighted by molar-refractivity contribution is 7.10. The molecule has 1 aliphatic rings. The van der Waals surface area contributed by atoms with Crippen LogP contribution in [0.25, 0.3) is 11.0 Å². The third-order valence-corrected chi connectivity index (χ3v) is 5.82. The van der Waals surface area contributed by atoms with Gasteiger partial charge in [-0.2, -0.15) is 8.75 Å². The van der Waals surface area contributed by atoms with Gasteiger partial charge in [0.1, 0.15) is 11.0 Å². The van der Waals surface area contributed by atoms with E-state index in [1.54, 1.807) is 0 Å². The van der Waals surface area contributed by atoms with E-state index < -0.39 is 0 Å². The van der Waals surface area contributed by atoms with Gasteiger partial charge in [-0.15, -0.1) is 11.3 Å². The first-order valence-electron chi connectivity index (χ1n) is 7.36. The molecule has 0 radical (unpaired) electrons. The van der Waals surface area contributed by atoms with Crippen LogP contribution >= 0.6 is 23.1 Å². The standard InChI is InChI=1S/C16H15N3OS2/c20-16(12-3-4-13-14(10-12)18-22-17-13)19-7-5-11(6-8-19)15-2-1-9-21-15/h1-4,9-11H,5-8H2. The number of piperidine rings is 1. The van der Waals surface area contributed by atoms with E-state index in [4.69, 9.17) is 0 Å². The molecule has 1 aliphatic heterocycles. The quantitative estimate of drug-likeness (QED) is 0.719. The number of aromatic nitrogens is 2. The summed E-state index contributed by atoms with van der Waals surface area (Å²) in [4.78, 5) is 16.1. The topological polar surface area (TPSA) is 46.1 Å². The van der Waals surface area contributed by atoms with Crippen LogP contribution in [0.4, 0.5) is 0 Å². The molecule has 0 N–H and O–H groups in total. The summed E-state index contributed by atoms with van der Waals surface area (Å²) in [5, 5.41) is 2.13. The van der Waals surface area contributed by atoms with Gasteiger partial charge in [-0.1, -0.05) is 6.07 Å². The third kappa shape index (κ3) is 2.53. The first kappa shape index (κ1) is 13.8. The van der Waals surface area contributed by atoms with E-state index >= 15 is 0 Å². The Labute approximate surface area is 136 Å². The minimum atomic E-state index is 0.111. The minimum Gasteiger partial charge on any atom is -0.339 e. The zero-order valence-electron chi connectivity index (χ0n) is 11.9. The van der Waals surface area contributed by atoms with Crippen LogP contribution in [0, 0.1) is 0 Å². The van der Waals surface area contributed by atoms with Crippen molar-refractivity contribution < 1.29 is 4.79 Å². The molecule has 1 saturated heterocycles. The van der Waals surface area contributed by atoms with Crippen LogP contribution in [-0.2, 0) is 0 Å². The fourth-order valence-electron chi connectivity index (χ4n) is 2.99. The van der Waals surface area contributed by atoms with Crippen LogP contribution in [0.1, 0.15) is 34.0 Å². The van der Waals surface area contributed by atoms with Crippen molar-refractivity contribution in [3.63, 3.8) is 0 Å². The fourth-order valence-corrected chi connectivity index (χ4v) is 4.41. The van der Waals surface area contributed by atoms with Crippen molar-refractivity contribution >= 4 is 40.0 Å². The number of benzene rings is 1. The Kier molecular flexibility index (Phi) is 3.63. The molecule has 22 heavy (non-hydrogen) atoms. The van der Waals surface area contributed by atoms with Gasteiger partial charge in [-0.3, -0.25) is 4.79 Å². The maximum absolute atomic E-state index is 12.6. The first-order valence-corrected chi connectivity index (χ1v) is 8.97. The molecule has 1 amide bonds. The molecule has 0 aliphatic carbocycles. The van der Waals surface area contributed by atoms with E-state index in [2.05, 4.69) is 26.3 Å². The summed E-state index contributed by atoms with van der Waals surface area (Å²) in [7, 11) is 0. The predicted molar refractivity (Wildman–Crippen MR) is 89.6 cm³/mol. The van der Waals surface area contributed by atoms with Crippen LogP contribution < -0.4 is 0 Å². The zero-order valence-corrected chi connectivity index (χ0v) is 13.6. The molecule has 0 unspecified atom stereocenters. The van der Waals surface area contributed by atoms with Crippen molar-refractivity contribution in [2.45, 2.75) is 18.8 Å². The van der Waals surface area contributed by atoms with Crippen LogP contribution in [0.3, 0.4) is 0 Å². The number of rotatable bonds is 2. The number of fused-ring (bicyclic) bond motifs is 1. The molecule has 0 spiro atoms. The SMILES string of the molecule is O=C(c1ccc2nsnc2c1)N1CCC(c2cccs2)CC1. The van der Waals surface area contributed by atoms with E-state index in [0.717, 1.165) is 42.5 Å². The van der Waals surface area contributed by atoms with Gasteiger partial charge in [-0.25, -0.2) is 0 Å². The molecule has 2 aromatic heterocycles. The first-order chi connectivity index (χ1) is 10.8. The Balaban J connectivity index is 1.47. The Morgan fingerprint density at radius 3 is 2.73 bits per heavy atom. The molecule has 6 heteroatoms. The second-order valence-corrected chi connectivity index (χ2v) is 7.06. The highest BCUT2D eigenvalue weighted by atomic mass is 32.1. The van der Waals surface area contributed by atoms with E-state index in [1.807, 2.05) is 34.4 Å². The predicted octanol–water partition coefficient (Wildman–Crippen LogP) is 3.77. The zero-order chi connectivity index (χ0) is 14.9. The minimum absolute atomic E-state index is 0.111. The Hall–Kier alpha value is -1.79. The van der Waals surface area contributed by atoms with E-state index in [-0.39, 0.29) is 5.91 Å². The van der Waals surface area contributed by atoms with Crippen molar-refractivity contribution in [2.24, 2.45) is 0 Å². The lowest BCUT2D eigenvalue weighted by atomic mass is 9.95. The van der Waals surface area contributed by atoms with Crippen LogP contribution in [-0.4, -0.2) is 32.6 Å². The Morgan fingerprint density at radius 2 is 1.95 bits per heavy atom. The number of amides is 1. The van der Waals surface area contributed by atoms with E-state index in [0.29, 0.717) is 5.92 Å². The van der Waals surface area contributed by atoms with Crippen molar-refractivity contribution in [1.29, 1.82) is 0 Å². The van der Waals surface area contributed by atoms with Gasteiger partial charge >= 0.3 is 0 Å². The normalized spacial score (nSPS) is 16.3. The molecule has 112 valence electrons. The molecule has 4 nitrogen and oxygen atoms in total.